The van der Waals surface area contributed by atoms with Gasteiger partial charge in [0.1, 0.15) is 30.5 Å². The Morgan fingerprint density at radius 2 is 1.18 bits per heavy atom. The van der Waals surface area contributed by atoms with Gasteiger partial charge in [-0.2, -0.15) is 8.42 Å². The van der Waals surface area contributed by atoms with Crippen molar-refractivity contribution in [1.82, 2.24) is 5.32 Å². The largest absolute Gasteiger partial charge is 0.397 e. The standard InChI is InChI=1S/C41H79NO12S/c1-3-5-7-9-11-13-15-17-18-20-21-23-25-27-29-34(44)33(32-52-41-38(47)39(54-55(49,50)51)37(46)36(31-43)53-41)42-40(48)35(45)30-28-26-24-22-19-16-14-12-10-8-6-4-2/h27,29,33-39,41,43-47H,3-26,28,30-32H2,1-2H3,(H,42,48)(H,49,50,51)/b29-27+. The molecular weight excluding hydrogens is 731 g/mol. The summed E-state index contributed by atoms with van der Waals surface area (Å²) in [6.07, 6.45) is 21.5. The summed E-state index contributed by atoms with van der Waals surface area (Å²) < 4.78 is 47.4. The van der Waals surface area contributed by atoms with E-state index < -0.39 is 78.5 Å². The van der Waals surface area contributed by atoms with Crippen LogP contribution >= 0.6 is 0 Å². The molecule has 1 aliphatic heterocycles. The maximum absolute atomic E-state index is 13.0. The highest BCUT2D eigenvalue weighted by Gasteiger charge is 2.48. The molecule has 0 aromatic heterocycles. The summed E-state index contributed by atoms with van der Waals surface area (Å²) in [6.45, 7) is 3.19. The quantitative estimate of drug-likeness (QED) is 0.0203. The van der Waals surface area contributed by atoms with Gasteiger partial charge in [0.25, 0.3) is 0 Å². The lowest BCUT2D eigenvalue weighted by atomic mass is 9.99. The molecule has 8 unspecified atom stereocenters. The van der Waals surface area contributed by atoms with Crippen molar-refractivity contribution in [2.75, 3.05) is 13.2 Å². The predicted molar refractivity (Wildman–Crippen MR) is 215 cm³/mol. The van der Waals surface area contributed by atoms with Crippen LogP contribution in [0.15, 0.2) is 12.2 Å². The second-order valence-corrected chi connectivity index (χ2v) is 16.5. The smallest absolute Gasteiger partial charge is 0.394 e. The van der Waals surface area contributed by atoms with Crippen molar-refractivity contribution in [2.45, 2.75) is 230 Å². The topological polar surface area (TPSA) is 212 Å². The summed E-state index contributed by atoms with van der Waals surface area (Å²) in [7, 11) is -5.11. The molecule has 1 amide bonds. The van der Waals surface area contributed by atoms with Crippen molar-refractivity contribution in [2.24, 2.45) is 0 Å². The number of carbonyl (C=O) groups is 1. The van der Waals surface area contributed by atoms with Crippen molar-refractivity contribution in [1.29, 1.82) is 0 Å². The maximum Gasteiger partial charge on any atom is 0.397 e. The Bertz CT molecular complexity index is 1060. The fraction of sp³-hybridized carbons (Fsp3) is 0.927. The lowest BCUT2D eigenvalue weighted by Crippen LogP contribution is -2.61. The van der Waals surface area contributed by atoms with Gasteiger partial charge in [0.2, 0.25) is 5.91 Å². The Kier molecular flexibility index (Phi) is 30.8. The number of nitrogens with one attached hydrogen (secondary N) is 1. The van der Waals surface area contributed by atoms with E-state index in [0.29, 0.717) is 12.8 Å². The lowest BCUT2D eigenvalue weighted by Gasteiger charge is -2.41. The number of rotatable bonds is 36. The molecule has 1 rings (SSSR count). The van der Waals surface area contributed by atoms with Crippen LogP contribution in [0.3, 0.4) is 0 Å². The van der Waals surface area contributed by atoms with Gasteiger partial charge in [-0.25, -0.2) is 4.18 Å². The zero-order valence-corrected chi connectivity index (χ0v) is 34.9. The van der Waals surface area contributed by atoms with E-state index in [2.05, 4.69) is 23.3 Å². The van der Waals surface area contributed by atoms with Crippen LogP contribution in [-0.4, -0.2) is 107 Å². The van der Waals surface area contributed by atoms with Gasteiger partial charge in [-0.1, -0.05) is 174 Å². The molecule has 1 aliphatic rings. The number of aliphatic hydroxyl groups excluding tert-OH is 5. The molecule has 1 fully saturated rings. The van der Waals surface area contributed by atoms with Gasteiger partial charge < -0.3 is 40.3 Å². The number of ether oxygens (including phenoxy) is 2. The number of aliphatic hydroxyl groups is 5. The first-order valence-electron chi connectivity index (χ1n) is 21.7. The van der Waals surface area contributed by atoms with Crippen LogP contribution in [0.5, 0.6) is 0 Å². The molecule has 0 aromatic carbocycles. The Morgan fingerprint density at radius 1 is 0.727 bits per heavy atom. The third kappa shape index (κ3) is 25.7. The molecule has 8 atom stereocenters. The second kappa shape index (κ2) is 32.7. The molecule has 13 nitrogen and oxygen atoms in total. The SMILES string of the molecule is CCCCCCCCCCCCCC/C=C/C(O)C(COC1OC(CO)C(O)C(OS(=O)(=O)O)C1O)NC(=O)C(O)CCCCCCCCCCCCCC. The van der Waals surface area contributed by atoms with E-state index >= 15 is 0 Å². The van der Waals surface area contributed by atoms with Gasteiger partial charge in [-0.05, 0) is 19.3 Å². The first kappa shape index (κ1) is 51.8. The molecule has 14 heteroatoms. The van der Waals surface area contributed by atoms with Crippen LogP contribution in [0.2, 0.25) is 0 Å². The van der Waals surface area contributed by atoms with E-state index in [9.17, 15) is 38.7 Å². The highest BCUT2D eigenvalue weighted by Crippen LogP contribution is 2.26. The van der Waals surface area contributed by atoms with Crippen molar-refractivity contribution >= 4 is 16.3 Å². The van der Waals surface area contributed by atoms with E-state index in [0.717, 1.165) is 38.5 Å². The first-order valence-corrected chi connectivity index (χ1v) is 23.0. The predicted octanol–water partition coefficient (Wildman–Crippen LogP) is 6.58. The molecule has 0 radical (unpaired) electrons. The number of hydrogen-bond donors (Lipinski definition) is 7. The average Bonchev–Trinajstić information content (AvgIpc) is 3.15. The zero-order valence-electron chi connectivity index (χ0n) is 34.1. The summed E-state index contributed by atoms with van der Waals surface area (Å²) in [5.74, 6) is -0.702. The van der Waals surface area contributed by atoms with Crippen LogP contribution in [0, 0.1) is 0 Å². The van der Waals surface area contributed by atoms with Crippen molar-refractivity contribution in [3.8, 4) is 0 Å². The highest BCUT2D eigenvalue weighted by atomic mass is 32.3. The minimum absolute atomic E-state index is 0.247. The fourth-order valence-electron chi connectivity index (χ4n) is 6.93. The van der Waals surface area contributed by atoms with E-state index in [4.69, 9.17) is 14.0 Å². The molecule has 0 bridgehead atoms. The van der Waals surface area contributed by atoms with Gasteiger partial charge >= 0.3 is 10.4 Å². The molecule has 0 aliphatic carbocycles. The molecule has 0 saturated carbocycles. The van der Waals surface area contributed by atoms with Crippen LogP contribution in [0.4, 0.5) is 0 Å². The van der Waals surface area contributed by atoms with Crippen LogP contribution < -0.4 is 5.32 Å². The van der Waals surface area contributed by atoms with Crippen LogP contribution in [0.25, 0.3) is 0 Å². The number of carbonyl (C=O) groups excluding carboxylic acids is 1. The van der Waals surface area contributed by atoms with Gasteiger partial charge in [0, 0.05) is 0 Å². The molecule has 1 heterocycles. The normalized spacial score (nSPS) is 22.2. The highest BCUT2D eigenvalue weighted by molar-refractivity contribution is 7.80. The minimum Gasteiger partial charge on any atom is -0.394 e. The number of unbranched alkanes of at least 4 members (excludes halogenated alkanes) is 23. The minimum atomic E-state index is -5.11. The Morgan fingerprint density at radius 3 is 1.64 bits per heavy atom. The molecule has 0 aromatic rings. The van der Waals surface area contributed by atoms with Gasteiger partial charge in [0.05, 0.1) is 25.4 Å². The van der Waals surface area contributed by atoms with Crippen molar-refractivity contribution < 1.29 is 57.0 Å². The molecular formula is C41H79NO12S. The van der Waals surface area contributed by atoms with E-state index in [-0.39, 0.29) is 6.42 Å². The second-order valence-electron chi connectivity index (χ2n) is 15.4. The summed E-state index contributed by atoms with van der Waals surface area (Å²) in [4.78, 5) is 13.0. The first-order chi connectivity index (χ1) is 26.4. The Balaban J connectivity index is 2.65. The van der Waals surface area contributed by atoms with E-state index in [1.54, 1.807) is 0 Å². The Hall–Kier alpha value is -1.20. The van der Waals surface area contributed by atoms with Crippen LogP contribution in [0.1, 0.15) is 181 Å². The average molecular weight is 810 g/mol. The summed E-state index contributed by atoms with van der Waals surface area (Å²) >= 11 is 0. The molecule has 0 spiro atoms. The fourth-order valence-corrected chi connectivity index (χ4v) is 7.44. The molecule has 7 N–H and O–H groups in total. The van der Waals surface area contributed by atoms with Crippen molar-refractivity contribution in [3.63, 3.8) is 0 Å². The van der Waals surface area contributed by atoms with Gasteiger partial charge in [-0.3, -0.25) is 9.35 Å². The number of amides is 1. The summed E-state index contributed by atoms with van der Waals surface area (Å²) in [6, 6.07) is -1.11. The van der Waals surface area contributed by atoms with Gasteiger partial charge in [-0.15, -0.1) is 0 Å². The lowest BCUT2D eigenvalue weighted by molar-refractivity contribution is -0.298. The number of allylic oxidation sites excluding steroid dienone is 1. The van der Waals surface area contributed by atoms with Crippen molar-refractivity contribution in [3.05, 3.63) is 12.2 Å². The molecule has 55 heavy (non-hydrogen) atoms. The molecule has 326 valence electrons. The third-order valence-corrected chi connectivity index (χ3v) is 10.9. The maximum atomic E-state index is 13.0. The summed E-state index contributed by atoms with van der Waals surface area (Å²) in [5, 5.41) is 55.0. The molecule has 1 saturated heterocycles. The Labute approximate surface area is 333 Å². The van der Waals surface area contributed by atoms with E-state index in [1.165, 1.54) is 115 Å². The van der Waals surface area contributed by atoms with Crippen LogP contribution in [-0.2, 0) is 28.9 Å². The summed E-state index contributed by atoms with van der Waals surface area (Å²) in [5.41, 5.74) is 0. The van der Waals surface area contributed by atoms with E-state index in [1.807, 2.05) is 6.08 Å². The third-order valence-electron chi connectivity index (χ3n) is 10.4. The monoisotopic (exact) mass is 810 g/mol. The number of hydrogen-bond acceptors (Lipinski definition) is 11. The zero-order chi connectivity index (χ0) is 40.7. The van der Waals surface area contributed by atoms with Gasteiger partial charge in [0.15, 0.2) is 6.29 Å².